The highest BCUT2D eigenvalue weighted by atomic mass is 32.2. The van der Waals surface area contributed by atoms with Gasteiger partial charge in [-0.3, -0.25) is 0 Å². The van der Waals surface area contributed by atoms with E-state index in [0.717, 1.165) is 16.5 Å². The summed E-state index contributed by atoms with van der Waals surface area (Å²) >= 11 is 0. The van der Waals surface area contributed by atoms with Gasteiger partial charge in [0.15, 0.2) is 5.75 Å². The van der Waals surface area contributed by atoms with Gasteiger partial charge in [-0.25, -0.2) is 4.98 Å². The average molecular weight is 401 g/mol. The van der Waals surface area contributed by atoms with E-state index in [9.17, 15) is 8.42 Å². The summed E-state index contributed by atoms with van der Waals surface area (Å²) < 4.78 is 30.8. The predicted molar refractivity (Wildman–Crippen MR) is 116 cm³/mol. The highest BCUT2D eigenvalue weighted by Crippen LogP contribution is 2.27. The molecule has 0 amide bonds. The van der Waals surface area contributed by atoms with Crippen molar-refractivity contribution in [3.05, 3.63) is 102 Å². The molecule has 5 heteroatoms. The summed E-state index contributed by atoms with van der Waals surface area (Å²) in [5, 5.41) is 0.804. The zero-order valence-electron chi connectivity index (χ0n) is 15.8. The normalized spacial score (nSPS) is 11.8. The number of rotatable bonds is 5. The summed E-state index contributed by atoms with van der Waals surface area (Å²) in [4.78, 5) is 4.72. The Morgan fingerprint density at radius 1 is 0.793 bits per heavy atom. The number of benzene rings is 3. The molecule has 0 bridgehead atoms. The molecule has 1 heterocycles. The van der Waals surface area contributed by atoms with Gasteiger partial charge < -0.3 is 4.18 Å². The van der Waals surface area contributed by atoms with E-state index >= 15 is 0 Å². The van der Waals surface area contributed by atoms with Crippen molar-refractivity contribution in [3.8, 4) is 5.75 Å². The maximum Gasteiger partial charge on any atom is 0.339 e. The van der Waals surface area contributed by atoms with Gasteiger partial charge in [0.1, 0.15) is 10.4 Å². The van der Waals surface area contributed by atoms with Crippen molar-refractivity contribution in [2.75, 3.05) is 0 Å². The zero-order valence-corrected chi connectivity index (χ0v) is 16.6. The van der Waals surface area contributed by atoms with Crippen molar-refractivity contribution in [3.63, 3.8) is 0 Å². The second kappa shape index (κ2) is 7.89. The van der Waals surface area contributed by atoms with Crippen molar-refractivity contribution >= 4 is 33.2 Å². The molecule has 0 fully saturated rings. The van der Waals surface area contributed by atoms with Crippen LogP contribution in [0.25, 0.3) is 23.1 Å². The highest BCUT2D eigenvalue weighted by Gasteiger charge is 2.18. The molecular formula is C24H19NO3S. The minimum atomic E-state index is -3.95. The Morgan fingerprint density at radius 2 is 1.55 bits per heavy atom. The number of hydrogen-bond acceptors (Lipinski definition) is 4. The molecule has 4 rings (SSSR count). The lowest BCUT2D eigenvalue weighted by Gasteiger charge is -2.10. The van der Waals surface area contributed by atoms with Crippen molar-refractivity contribution < 1.29 is 12.6 Å². The van der Waals surface area contributed by atoms with Gasteiger partial charge in [0.05, 0.1) is 5.69 Å². The molecule has 0 aliphatic carbocycles. The maximum atomic E-state index is 12.7. The molecule has 0 unspecified atom stereocenters. The fourth-order valence-electron chi connectivity index (χ4n) is 2.91. The largest absolute Gasteiger partial charge is 0.377 e. The minimum absolute atomic E-state index is 0.111. The maximum absolute atomic E-state index is 12.7. The Hall–Kier alpha value is -3.44. The first-order valence-electron chi connectivity index (χ1n) is 9.15. The van der Waals surface area contributed by atoms with E-state index in [4.69, 9.17) is 4.18 Å². The van der Waals surface area contributed by atoms with E-state index in [1.165, 1.54) is 12.1 Å². The Kier molecular flexibility index (Phi) is 5.14. The van der Waals surface area contributed by atoms with E-state index in [2.05, 4.69) is 4.98 Å². The first-order chi connectivity index (χ1) is 14.0. The summed E-state index contributed by atoms with van der Waals surface area (Å²) in [6.07, 6.45) is 3.85. The van der Waals surface area contributed by atoms with Crippen LogP contribution >= 0.6 is 0 Å². The quantitative estimate of drug-likeness (QED) is 0.416. The van der Waals surface area contributed by atoms with Crippen molar-refractivity contribution in [2.24, 2.45) is 0 Å². The molecule has 29 heavy (non-hydrogen) atoms. The molecule has 0 aliphatic heterocycles. The molecular weight excluding hydrogens is 382 g/mol. The van der Waals surface area contributed by atoms with Crippen LogP contribution < -0.4 is 4.18 Å². The van der Waals surface area contributed by atoms with Crippen LogP contribution in [0.1, 0.15) is 16.8 Å². The van der Waals surface area contributed by atoms with Crippen LogP contribution in [0.4, 0.5) is 0 Å². The third-order valence-electron chi connectivity index (χ3n) is 4.46. The van der Waals surface area contributed by atoms with E-state index in [0.29, 0.717) is 11.2 Å². The summed E-state index contributed by atoms with van der Waals surface area (Å²) in [5.74, 6) is 0.207. The Labute approximate surface area is 170 Å². The van der Waals surface area contributed by atoms with Crippen LogP contribution in [0, 0.1) is 6.92 Å². The molecule has 0 radical (unpaired) electrons. The van der Waals surface area contributed by atoms with Gasteiger partial charge in [-0.15, -0.1) is 0 Å². The van der Waals surface area contributed by atoms with Gasteiger partial charge in [-0.1, -0.05) is 72.3 Å². The first kappa shape index (κ1) is 18.9. The van der Waals surface area contributed by atoms with Gasteiger partial charge in [-0.05, 0) is 42.8 Å². The number of fused-ring (bicyclic) bond motifs is 1. The number of aryl methyl sites for hydroxylation is 1. The number of pyridine rings is 1. The molecule has 4 nitrogen and oxygen atoms in total. The van der Waals surface area contributed by atoms with Crippen LogP contribution in [0.15, 0.2) is 89.8 Å². The van der Waals surface area contributed by atoms with Gasteiger partial charge in [0, 0.05) is 5.39 Å². The van der Waals surface area contributed by atoms with Gasteiger partial charge in [0.2, 0.25) is 0 Å². The molecule has 0 saturated carbocycles. The van der Waals surface area contributed by atoms with E-state index in [-0.39, 0.29) is 10.6 Å². The fraction of sp³-hybridized carbons (Fsp3) is 0.0417. The second-order valence-corrected chi connectivity index (χ2v) is 8.20. The van der Waals surface area contributed by atoms with Crippen molar-refractivity contribution in [1.29, 1.82) is 0 Å². The molecule has 0 N–H and O–H groups in total. The predicted octanol–water partition coefficient (Wildman–Crippen LogP) is 5.48. The molecule has 0 atom stereocenters. The van der Waals surface area contributed by atoms with Crippen LogP contribution in [0.3, 0.4) is 0 Å². The van der Waals surface area contributed by atoms with E-state index < -0.39 is 10.1 Å². The van der Waals surface area contributed by atoms with E-state index in [1.54, 1.807) is 24.3 Å². The minimum Gasteiger partial charge on any atom is -0.377 e. The molecule has 4 aromatic rings. The number of para-hydroxylation sites is 1. The Bertz CT molecular complexity index is 1280. The summed E-state index contributed by atoms with van der Waals surface area (Å²) in [5.41, 5.74) is 3.25. The van der Waals surface area contributed by atoms with Crippen LogP contribution in [0.5, 0.6) is 5.75 Å². The standard InChI is InChI=1S/C24H19NO3S/c1-18-10-16-22(17-11-18)29(26,27)28-23-9-5-8-20-13-15-21(25-24(20)23)14-12-19-6-3-2-4-7-19/h2-17H,1H3. The van der Waals surface area contributed by atoms with Gasteiger partial charge >= 0.3 is 10.1 Å². The lowest BCUT2D eigenvalue weighted by Crippen LogP contribution is -2.10. The molecule has 0 saturated heterocycles. The molecule has 3 aromatic carbocycles. The SMILES string of the molecule is Cc1ccc(S(=O)(=O)Oc2cccc3ccc(C=Cc4ccccc4)nc23)cc1. The molecule has 0 spiro atoms. The third-order valence-corrected chi connectivity index (χ3v) is 5.71. The number of nitrogens with zero attached hydrogens (tertiary/aromatic N) is 1. The van der Waals surface area contributed by atoms with E-state index in [1.807, 2.05) is 67.6 Å². The van der Waals surface area contributed by atoms with Crippen molar-refractivity contribution in [1.82, 2.24) is 4.98 Å². The smallest absolute Gasteiger partial charge is 0.339 e. The van der Waals surface area contributed by atoms with Gasteiger partial charge in [0.25, 0.3) is 0 Å². The van der Waals surface area contributed by atoms with Crippen LogP contribution in [-0.4, -0.2) is 13.4 Å². The topological polar surface area (TPSA) is 56.3 Å². The Balaban J connectivity index is 1.69. The monoisotopic (exact) mass is 401 g/mol. The zero-order chi connectivity index (χ0) is 20.3. The highest BCUT2D eigenvalue weighted by molar-refractivity contribution is 7.87. The molecule has 0 aliphatic rings. The summed E-state index contributed by atoms with van der Waals surface area (Å²) in [7, 11) is -3.95. The molecule has 144 valence electrons. The lowest BCUT2D eigenvalue weighted by molar-refractivity contribution is 0.488. The summed E-state index contributed by atoms with van der Waals surface area (Å²) in [6, 6.07) is 25.5. The third kappa shape index (κ3) is 4.36. The summed E-state index contributed by atoms with van der Waals surface area (Å²) in [6.45, 7) is 1.90. The van der Waals surface area contributed by atoms with Crippen molar-refractivity contribution in [2.45, 2.75) is 11.8 Å². The fourth-order valence-corrected chi connectivity index (χ4v) is 3.85. The Morgan fingerprint density at radius 3 is 2.31 bits per heavy atom. The van der Waals surface area contributed by atoms with Gasteiger partial charge in [-0.2, -0.15) is 8.42 Å². The molecule has 1 aromatic heterocycles. The second-order valence-electron chi connectivity index (χ2n) is 6.66. The van der Waals surface area contributed by atoms with Crippen LogP contribution in [0.2, 0.25) is 0 Å². The first-order valence-corrected chi connectivity index (χ1v) is 10.6. The number of hydrogen-bond donors (Lipinski definition) is 0. The number of aromatic nitrogens is 1. The van der Waals surface area contributed by atoms with Crippen LogP contribution in [-0.2, 0) is 10.1 Å². The average Bonchev–Trinajstić information content (AvgIpc) is 2.73. The lowest BCUT2D eigenvalue weighted by atomic mass is 10.1.